The van der Waals surface area contributed by atoms with Crippen LogP contribution >= 0.6 is 0 Å². The van der Waals surface area contributed by atoms with Crippen molar-refractivity contribution < 1.29 is 4.74 Å². The van der Waals surface area contributed by atoms with Crippen LogP contribution < -0.4 is 4.74 Å². The summed E-state index contributed by atoms with van der Waals surface area (Å²) in [5, 5.41) is 0. The van der Waals surface area contributed by atoms with E-state index in [1.54, 1.807) is 0 Å². The molecule has 1 heteroatoms. The molecule has 0 unspecified atom stereocenters. The van der Waals surface area contributed by atoms with E-state index in [2.05, 4.69) is 38.1 Å². The molecule has 0 N–H and O–H groups in total. The van der Waals surface area contributed by atoms with E-state index >= 15 is 0 Å². The molecule has 22 heavy (non-hydrogen) atoms. The Kier molecular flexibility index (Phi) is 11.8. The molecule has 0 amide bonds. The summed E-state index contributed by atoms with van der Waals surface area (Å²) in [6.45, 7) is 5.36. The van der Waals surface area contributed by atoms with Crippen LogP contribution in [0.15, 0.2) is 24.3 Å². The van der Waals surface area contributed by atoms with E-state index in [-0.39, 0.29) is 0 Å². The molecule has 0 radical (unpaired) electrons. The molecule has 0 spiro atoms. The Hall–Kier alpha value is -0.980. The van der Waals surface area contributed by atoms with Gasteiger partial charge in [-0.05, 0) is 30.5 Å². The second-order valence-electron chi connectivity index (χ2n) is 6.42. The summed E-state index contributed by atoms with van der Waals surface area (Å²) in [4.78, 5) is 0. The van der Waals surface area contributed by atoms with Gasteiger partial charge in [0.15, 0.2) is 0 Å². The monoisotopic (exact) mass is 304 g/mol. The van der Waals surface area contributed by atoms with Crippen molar-refractivity contribution in [2.45, 2.75) is 90.9 Å². The average Bonchev–Trinajstić information content (AvgIpc) is 2.54. The Morgan fingerprint density at radius 1 is 0.636 bits per heavy atom. The van der Waals surface area contributed by atoms with Gasteiger partial charge in [0.1, 0.15) is 5.75 Å². The predicted octanol–water partition coefficient (Wildman–Crippen LogP) is 6.94. The molecule has 0 aliphatic heterocycles. The minimum Gasteiger partial charge on any atom is -0.494 e. The molecule has 0 fully saturated rings. The SMILES string of the molecule is CCCCCCCCCCCCOc1ccc(CCC)cc1. The molecule has 0 aromatic heterocycles. The molecular weight excluding hydrogens is 268 g/mol. The number of hydrogen-bond donors (Lipinski definition) is 0. The van der Waals surface area contributed by atoms with E-state index in [1.807, 2.05) is 0 Å². The summed E-state index contributed by atoms with van der Waals surface area (Å²) in [6.07, 6.45) is 16.1. The molecule has 0 saturated carbocycles. The smallest absolute Gasteiger partial charge is 0.119 e. The van der Waals surface area contributed by atoms with Gasteiger partial charge in [-0.1, -0.05) is 90.2 Å². The lowest BCUT2D eigenvalue weighted by atomic mass is 10.1. The van der Waals surface area contributed by atoms with Gasteiger partial charge in [-0.15, -0.1) is 0 Å². The van der Waals surface area contributed by atoms with Crippen molar-refractivity contribution in [3.8, 4) is 5.75 Å². The molecule has 0 heterocycles. The maximum Gasteiger partial charge on any atom is 0.119 e. The number of ether oxygens (including phenoxy) is 1. The highest BCUT2D eigenvalue weighted by atomic mass is 16.5. The van der Waals surface area contributed by atoms with Crippen molar-refractivity contribution in [3.05, 3.63) is 29.8 Å². The predicted molar refractivity (Wildman–Crippen MR) is 97.8 cm³/mol. The fourth-order valence-electron chi connectivity index (χ4n) is 2.82. The zero-order valence-electron chi connectivity index (χ0n) is 14.9. The average molecular weight is 305 g/mol. The van der Waals surface area contributed by atoms with Crippen LogP contribution in [0.5, 0.6) is 5.75 Å². The van der Waals surface area contributed by atoms with E-state index in [9.17, 15) is 0 Å². The van der Waals surface area contributed by atoms with Gasteiger partial charge in [0, 0.05) is 0 Å². The zero-order valence-corrected chi connectivity index (χ0v) is 14.9. The standard InChI is InChI=1S/C21H36O/c1-3-5-6-7-8-9-10-11-12-13-19-22-21-17-15-20(14-4-2)16-18-21/h15-18H,3-14,19H2,1-2H3. The topological polar surface area (TPSA) is 9.23 Å². The molecule has 1 rings (SSSR count). The van der Waals surface area contributed by atoms with E-state index in [4.69, 9.17) is 4.74 Å². The van der Waals surface area contributed by atoms with Crippen LogP contribution in [-0.2, 0) is 6.42 Å². The first-order chi connectivity index (χ1) is 10.9. The number of hydrogen-bond acceptors (Lipinski definition) is 1. The molecule has 1 nitrogen and oxygen atoms in total. The fraction of sp³-hybridized carbons (Fsp3) is 0.714. The molecule has 0 bridgehead atoms. The summed E-state index contributed by atoms with van der Waals surface area (Å²) >= 11 is 0. The van der Waals surface area contributed by atoms with Crippen LogP contribution in [0, 0.1) is 0 Å². The van der Waals surface area contributed by atoms with Crippen molar-refractivity contribution in [2.24, 2.45) is 0 Å². The van der Waals surface area contributed by atoms with Crippen LogP contribution in [0.1, 0.15) is 90.0 Å². The van der Waals surface area contributed by atoms with Gasteiger partial charge in [0.05, 0.1) is 6.61 Å². The third-order valence-electron chi connectivity index (χ3n) is 4.23. The Balaban J connectivity index is 1.90. The fourth-order valence-corrected chi connectivity index (χ4v) is 2.82. The van der Waals surface area contributed by atoms with Crippen LogP contribution in [0.3, 0.4) is 0 Å². The van der Waals surface area contributed by atoms with Gasteiger partial charge in [-0.25, -0.2) is 0 Å². The lowest BCUT2D eigenvalue weighted by Crippen LogP contribution is -1.97. The summed E-state index contributed by atoms with van der Waals surface area (Å²) < 4.78 is 5.81. The van der Waals surface area contributed by atoms with Crippen LogP contribution in [-0.4, -0.2) is 6.61 Å². The molecule has 0 aliphatic carbocycles. The van der Waals surface area contributed by atoms with Gasteiger partial charge < -0.3 is 4.74 Å². The summed E-state index contributed by atoms with van der Waals surface area (Å²) in [6, 6.07) is 8.61. The number of unbranched alkanes of at least 4 members (excludes halogenated alkanes) is 9. The van der Waals surface area contributed by atoms with Gasteiger partial charge in [0.2, 0.25) is 0 Å². The first-order valence-electron chi connectivity index (χ1n) is 9.58. The Morgan fingerprint density at radius 2 is 1.18 bits per heavy atom. The van der Waals surface area contributed by atoms with Gasteiger partial charge in [0.25, 0.3) is 0 Å². The highest BCUT2D eigenvalue weighted by Gasteiger charge is 1.96. The van der Waals surface area contributed by atoms with Crippen molar-refractivity contribution >= 4 is 0 Å². The molecule has 126 valence electrons. The minimum atomic E-state index is 0.865. The maximum absolute atomic E-state index is 5.81. The Labute approximate surface area is 138 Å². The quantitative estimate of drug-likeness (QED) is 0.338. The first kappa shape index (κ1) is 19.1. The molecule has 1 aromatic carbocycles. The first-order valence-corrected chi connectivity index (χ1v) is 9.58. The van der Waals surface area contributed by atoms with Crippen LogP contribution in [0.2, 0.25) is 0 Å². The van der Waals surface area contributed by atoms with Gasteiger partial charge >= 0.3 is 0 Å². The third-order valence-corrected chi connectivity index (χ3v) is 4.23. The second-order valence-corrected chi connectivity index (χ2v) is 6.42. The lowest BCUT2D eigenvalue weighted by Gasteiger charge is -2.07. The van der Waals surface area contributed by atoms with E-state index in [1.165, 1.54) is 82.6 Å². The van der Waals surface area contributed by atoms with Gasteiger partial charge in [-0.2, -0.15) is 0 Å². The third kappa shape index (κ3) is 9.87. The highest BCUT2D eigenvalue weighted by Crippen LogP contribution is 2.15. The molecule has 0 saturated heterocycles. The number of benzene rings is 1. The molecular formula is C21H36O. The number of aryl methyl sites for hydroxylation is 1. The van der Waals surface area contributed by atoms with Gasteiger partial charge in [-0.3, -0.25) is 0 Å². The van der Waals surface area contributed by atoms with Crippen molar-refractivity contribution in [2.75, 3.05) is 6.61 Å². The number of rotatable bonds is 14. The van der Waals surface area contributed by atoms with Crippen LogP contribution in [0.4, 0.5) is 0 Å². The molecule has 0 atom stereocenters. The summed E-state index contributed by atoms with van der Waals surface area (Å²) in [5.74, 6) is 1.02. The zero-order chi connectivity index (χ0) is 15.9. The van der Waals surface area contributed by atoms with E-state index in [0.717, 1.165) is 12.4 Å². The molecule has 1 aromatic rings. The lowest BCUT2D eigenvalue weighted by molar-refractivity contribution is 0.304. The Bertz CT molecular complexity index is 341. The normalized spacial score (nSPS) is 10.8. The van der Waals surface area contributed by atoms with Crippen molar-refractivity contribution in [1.82, 2.24) is 0 Å². The molecule has 0 aliphatic rings. The van der Waals surface area contributed by atoms with Crippen LogP contribution in [0.25, 0.3) is 0 Å². The van der Waals surface area contributed by atoms with Crippen molar-refractivity contribution in [3.63, 3.8) is 0 Å². The van der Waals surface area contributed by atoms with E-state index in [0.29, 0.717) is 0 Å². The second kappa shape index (κ2) is 13.7. The largest absolute Gasteiger partial charge is 0.494 e. The summed E-state index contributed by atoms with van der Waals surface area (Å²) in [7, 11) is 0. The minimum absolute atomic E-state index is 0.865. The summed E-state index contributed by atoms with van der Waals surface area (Å²) in [5.41, 5.74) is 1.41. The Morgan fingerprint density at radius 3 is 1.73 bits per heavy atom. The maximum atomic E-state index is 5.81. The van der Waals surface area contributed by atoms with Crippen molar-refractivity contribution in [1.29, 1.82) is 0 Å². The van der Waals surface area contributed by atoms with E-state index < -0.39 is 0 Å². The highest BCUT2D eigenvalue weighted by molar-refractivity contribution is 5.27.